The van der Waals surface area contributed by atoms with E-state index in [0.717, 1.165) is 18.7 Å². The van der Waals surface area contributed by atoms with Crippen molar-refractivity contribution in [2.24, 2.45) is 0 Å². The molecule has 25 heavy (non-hydrogen) atoms. The molecule has 2 aromatic rings. The van der Waals surface area contributed by atoms with E-state index in [1.807, 2.05) is 24.3 Å². The SMILES string of the molecule is COc1ccc(OC(CCN2CCCC2)c2ccccc2)cc1OC. The first-order valence-electron chi connectivity index (χ1n) is 8.96. The van der Waals surface area contributed by atoms with Crippen molar-refractivity contribution in [1.29, 1.82) is 0 Å². The molecule has 0 saturated carbocycles. The van der Waals surface area contributed by atoms with Gasteiger partial charge in [0.1, 0.15) is 11.9 Å². The Bertz CT molecular complexity index is 653. The summed E-state index contributed by atoms with van der Waals surface area (Å²) in [6.45, 7) is 3.47. The Labute approximate surface area is 150 Å². The lowest BCUT2D eigenvalue weighted by molar-refractivity contribution is 0.172. The van der Waals surface area contributed by atoms with E-state index < -0.39 is 0 Å². The van der Waals surface area contributed by atoms with Crippen molar-refractivity contribution in [3.05, 3.63) is 54.1 Å². The fraction of sp³-hybridized carbons (Fsp3) is 0.429. The van der Waals surface area contributed by atoms with Crippen LogP contribution in [0.3, 0.4) is 0 Å². The molecule has 0 amide bonds. The van der Waals surface area contributed by atoms with E-state index in [4.69, 9.17) is 14.2 Å². The number of ether oxygens (including phenoxy) is 3. The molecule has 0 spiro atoms. The topological polar surface area (TPSA) is 30.9 Å². The van der Waals surface area contributed by atoms with E-state index in [2.05, 4.69) is 29.2 Å². The molecule has 0 radical (unpaired) electrons. The van der Waals surface area contributed by atoms with Crippen LogP contribution >= 0.6 is 0 Å². The Morgan fingerprint density at radius 2 is 1.64 bits per heavy atom. The quantitative estimate of drug-likeness (QED) is 0.716. The highest BCUT2D eigenvalue weighted by molar-refractivity contribution is 5.45. The fourth-order valence-corrected chi connectivity index (χ4v) is 3.32. The van der Waals surface area contributed by atoms with Crippen LogP contribution in [0.15, 0.2) is 48.5 Å². The molecule has 134 valence electrons. The number of rotatable bonds is 8. The number of hydrogen-bond acceptors (Lipinski definition) is 4. The molecule has 0 aromatic heterocycles. The van der Waals surface area contributed by atoms with Crippen molar-refractivity contribution in [3.8, 4) is 17.2 Å². The molecule has 0 bridgehead atoms. The van der Waals surface area contributed by atoms with Crippen LogP contribution in [0.25, 0.3) is 0 Å². The van der Waals surface area contributed by atoms with Gasteiger partial charge >= 0.3 is 0 Å². The Balaban J connectivity index is 1.74. The van der Waals surface area contributed by atoms with E-state index in [9.17, 15) is 0 Å². The third-order valence-corrected chi connectivity index (χ3v) is 4.71. The van der Waals surface area contributed by atoms with Crippen LogP contribution in [0.5, 0.6) is 17.2 Å². The molecule has 1 aliphatic rings. The second-order valence-corrected chi connectivity index (χ2v) is 6.37. The van der Waals surface area contributed by atoms with Gasteiger partial charge in [-0.3, -0.25) is 0 Å². The van der Waals surface area contributed by atoms with Gasteiger partial charge in [0, 0.05) is 19.0 Å². The summed E-state index contributed by atoms with van der Waals surface area (Å²) in [5.74, 6) is 2.20. The van der Waals surface area contributed by atoms with Crippen molar-refractivity contribution < 1.29 is 14.2 Å². The maximum Gasteiger partial charge on any atom is 0.164 e. The Morgan fingerprint density at radius 1 is 0.920 bits per heavy atom. The monoisotopic (exact) mass is 341 g/mol. The summed E-state index contributed by atoms with van der Waals surface area (Å²) in [5, 5.41) is 0. The lowest BCUT2D eigenvalue weighted by atomic mass is 10.1. The van der Waals surface area contributed by atoms with Gasteiger partial charge in [-0.1, -0.05) is 30.3 Å². The van der Waals surface area contributed by atoms with E-state index in [0.29, 0.717) is 11.5 Å². The van der Waals surface area contributed by atoms with Crippen LogP contribution < -0.4 is 14.2 Å². The molecular formula is C21H27NO3. The second kappa shape index (κ2) is 8.77. The van der Waals surface area contributed by atoms with Crippen molar-refractivity contribution in [2.75, 3.05) is 33.9 Å². The van der Waals surface area contributed by atoms with Gasteiger partial charge in [0.15, 0.2) is 11.5 Å². The third kappa shape index (κ3) is 4.67. The molecule has 1 unspecified atom stereocenters. The molecule has 0 N–H and O–H groups in total. The lowest BCUT2D eigenvalue weighted by Crippen LogP contribution is -2.23. The average Bonchev–Trinajstić information content (AvgIpc) is 3.19. The van der Waals surface area contributed by atoms with Gasteiger partial charge < -0.3 is 19.1 Å². The van der Waals surface area contributed by atoms with Crippen molar-refractivity contribution in [1.82, 2.24) is 4.90 Å². The molecular weight excluding hydrogens is 314 g/mol. The molecule has 4 nitrogen and oxygen atoms in total. The molecule has 3 rings (SSSR count). The van der Waals surface area contributed by atoms with E-state index in [-0.39, 0.29) is 6.10 Å². The zero-order chi connectivity index (χ0) is 17.5. The number of nitrogens with zero attached hydrogens (tertiary/aromatic N) is 1. The zero-order valence-corrected chi connectivity index (χ0v) is 15.1. The first kappa shape index (κ1) is 17.6. The Morgan fingerprint density at radius 3 is 2.32 bits per heavy atom. The Kier molecular flexibility index (Phi) is 6.18. The molecule has 2 aromatic carbocycles. The van der Waals surface area contributed by atoms with E-state index >= 15 is 0 Å². The smallest absolute Gasteiger partial charge is 0.164 e. The molecule has 1 fully saturated rings. The van der Waals surface area contributed by atoms with Gasteiger partial charge in [-0.25, -0.2) is 0 Å². The summed E-state index contributed by atoms with van der Waals surface area (Å²) >= 11 is 0. The van der Waals surface area contributed by atoms with Crippen LogP contribution in [0.4, 0.5) is 0 Å². The maximum absolute atomic E-state index is 6.34. The molecule has 0 aliphatic carbocycles. The molecule has 4 heteroatoms. The standard InChI is InChI=1S/C21H27NO3/c1-23-20-11-10-18(16-21(20)24-2)25-19(17-8-4-3-5-9-17)12-15-22-13-6-7-14-22/h3-5,8-11,16,19H,6-7,12-15H2,1-2H3. The summed E-state index contributed by atoms with van der Waals surface area (Å²) in [6.07, 6.45) is 3.62. The van der Waals surface area contributed by atoms with Crippen molar-refractivity contribution in [3.63, 3.8) is 0 Å². The van der Waals surface area contributed by atoms with E-state index in [1.165, 1.54) is 31.5 Å². The normalized spacial score (nSPS) is 15.8. The van der Waals surface area contributed by atoms with Crippen LogP contribution in [0.2, 0.25) is 0 Å². The van der Waals surface area contributed by atoms with Crippen LogP contribution in [0, 0.1) is 0 Å². The third-order valence-electron chi connectivity index (χ3n) is 4.71. The van der Waals surface area contributed by atoms with Gasteiger partial charge in [-0.15, -0.1) is 0 Å². The number of methoxy groups -OCH3 is 2. The molecule has 1 heterocycles. The van der Waals surface area contributed by atoms with Crippen molar-refractivity contribution in [2.45, 2.75) is 25.4 Å². The number of likely N-dealkylation sites (tertiary alicyclic amines) is 1. The Hall–Kier alpha value is -2.20. The minimum atomic E-state index is 0.0277. The summed E-state index contributed by atoms with van der Waals surface area (Å²) in [5.41, 5.74) is 1.21. The predicted octanol–water partition coefficient (Wildman–Crippen LogP) is 4.31. The van der Waals surface area contributed by atoms with Gasteiger partial charge in [0.25, 0.3) is 0 Å². The fourth-order valence-electron chi connectivity index (χ4n) is 3.32. The summed E-state index contributed by atoms with van der Waals surface area (Å²) in [4.78, 5) is 2.52. The van der Waals surface area contributed by atoms with Gasteiger partial charge in [-0.05, 0) is 43.6 Å². The van der Waals surface area contributed by atoms with Crippen molar-refractivity contribution >= 4 is 0 Å². The zero-order valence-electron chi connectivity index (χ0n) is 15.1. The highest BCUT2D eigenvalue weighted by Crippen LogP contribution is 2.33. The van der Waals surface area contributed by atoms with Gasteiger partial charge in [-0.2, -0.15) is 0 Å². The highest BCUT2D eigenvalue weighted by atomic mass is 16.5. The predicted molar refractivity (Wildman–Crippen MR) is 99.6 cm³/mol. The second-order valence-electron chi connectivity index (χ2n) is 6.37. The minimum absolute atomic E-state index is 0.0277. The van der Waals surface area contributed by atoms with Gasteiger partial charge in [0.05, 0.1) is 14.2 Å². The van der Waals surface area contributed by atoms with Crippen LogP contribution in [0.1, 0.15) is 30.9 Å². The first-order valence-corrected chi connectivity index (χ1v) is 8.96. The summed E-state index contributed by atoms with van der Waals surface area (Å²) < 4.78 is 17.0. The van der Waals surface area contributed by atoms with Gasteiger partial charge in [0.2, 0.25) is 0 Å². The molecule has 1 aliphatic heterocycles. The molecule has 1 atom stereocenters. The highest BCUT2D eigenvalue weighted by Gasteiger charge is 2.18. The van der Waals surface area contributed by atoms with Crippen LogP contribution in [-0.2, 0) is 0 Å². The summed E-state index contributed by atoms with van der Waals surface area (Å²) in [7, 11) is 3.28. The molecule has 1 saturated heterocycles. The lowest BCUT2D eigenvalue weighted by Gasteiger charge is -2.23. The minimum Gasteiger partial charge on any atom is -0.493 e. The maximum atomic E-state index is 6.34. The first-order chi connectivity index (χ1) is 12.3. The largest absolute Gasteiger partial charge is 0.493 e. The number of benzene rings is 2. The average molecular weight is 341 g/mol. The van der Waals surface area contributed by atoms with Crippen LogP contribution in [-0.4, -0.2) is 38.8 Å². The summed E-state index contributed by atoms with van der Waals surface area (Å²) in [6, 6.07) is 16.2. The van der Waals surface area contributed by atoms with E-state index in [1.54, 1.807) is 14.2 Å². The number of hydrogen-bond donors (Lipinski definition) is 0.